The van der Waals surface area contributed by atoms with Crippen molar-refractivity contribution in [2.75, 3.05) is 19.0 Å². The van der Waals surface area contributed by atoms with Gasteiger partial charge in [0, 0.05) is 5.69 Å². The molecule has 7 nitrogen and oxygen atoms in total. The summed E-state index contributed by atoms with van der Waals surface area (Å²) in [4.78, 5) is 23.7. The van der Waals surface area contributed by atoms with Gasteiger partial charge in [0.1, 0.15) is 11.5 Å². The second-order valence-electron chi connectivity index (χ2n) is 6.16. The van der Waals surface area contributed by atoms with Crippen molar-refractivity contribution >= 4 is 28.4 Å². The lowest BCUT2D eigenvalue weighted by atomic mass is 10.1. The predicted molar refractivity (Wildman–Crippen MR) is 107 cm³/mol. The Morgan fingerprint density at radius 3 is 2.32 bits per heavy atom. The fourth-order valence-electron chi connectivity index (χ4n) is 2.62. The van der Waals surface area contributed by atoms with Gasteiger partial charge in [-0.05, 0) is 59.7 Å². The van der Waals surface area contributed by atoms with Gasteiger partial charge in [0.15, 0.2) is 6.61 Å². The third-order valence-corrected chi connectivity index (χ3v) is 3.98. The van der Waals surface area contributed by atoms with E-state index in [9.17, 15) is 9.59 Å². The Hall–Kier alpha value is -3.74. The highest BCUT2D eigenvalue weighted by Crippen LogP contribution is 2.24. The fraction of sp³-hybridized carbons (Fsp3) is 0.143. The minimum atomic E-state index is -0.543. The van der Waals surface area contributed by atoms with E-state index in [2.05, 4.69) is 16.2 Å². The van der Waals surface area contributed by atoms with Crippen molar-refractivity contribution in [2.24, 2.45) is 0 Å². The molecule has 0 saturated heterocycles. The molecule has 0 bridgehead atoms. The molecule has 0 fully saturated rings. The van der Waals surface area contributed by atoms with E-state index < -0.39 is 11.9 Å². The van der Waals surface area contributed by atoms with Crippen molar-refractivity contribution in [1.29, 1.82) is 0 Å². The quantitative estimate of drug-likeness (QED) is 0.593. The first kappa shape index (κ1) is 19.0. The van der Waals surface area contributed by atoms with Crippen LogP contribution in [-0.2, 0) is 4.79 Å². The van der Waals surface area contributed by atoms with Gasteiger partial charge in [-0.15, -0.1) is 0 Å². The van der Waals surface area contributed by atoms with Crippen molar-refractivity contribution in [3.8, 4) is 11.5 Å². The lowest BCUT2D eigenvalue weighted by Gasteiger charge is -2.11. The van der Waals surface area contributed by atoms with Crippen molar-refractivity contribution in [2.45, 2.75) is 6.92 Å². The van der Waals surface area contributed by atoms with Gasteiger partial charge >= 0.3 is 6.03 Å². The monoisotopic (exact) mass is 379 g/mol. The average molecular weight is 379 g/mol. The van der Waals surface area contributed by atoms with Crippen molar-refractivity contribution in [3.05, 3.63) is 66.2 Å². The summed E-state index contributed by atoms with van der Waals surface area (Å²) in [7, 11) is 1.62. The summed E-state index contributed by atoms with van der Waals surface area (Å²) in [5.41, 5.74) is 6.24. The zero-order chi connectivity index (χ0) is 19.9. The molecule has 0 radical (unpaired) electrons. The number of hydrogen-bond acceptors (Lipinski definition) is 4. The number of fused-ring (bicyclic) bond motifs is 1. The van der Waals surface area contributed by atoms with Gasteiger partial charge in [0.05, 0.1) is 7.11 Å². The van der Waals surface area contributed by atoms with Crippen LogP contribution in [0.5, 0.6) is 11.5 Å². The molecule has 3 aromatic rings. The molecule has 0 heterocycles. The molecule has 7 heteroatoms. The first-order valence-corrected chi connectivity index (χ1v) is 8.66. The molecular weight excluding hydrogens is 358 g/mol. The zero-order valence-electron chi connectivity index (χ0n) is 15.6. The number of amides is 3. The molecule has 0 spiro atoms. The highest BCUT2D eigenvalue weighted by molar-refractivity contribution is 5.91. The molecule has 144 valence electrons. The van der Waals surface area contributed by atoms with Crippen molar-refractivity contribution in [1.82, 2.24) is 10.9 Å². The van der Waals surface area contributed by atoms with Crippen LogP contribution in [-0.4, -0.2) is 25.7 Å². The Balaban J connectivity index is 1.47. The van der Waals surface area contributed by atoms with Gasteiger partial charge in [0.2, 0.25) is 0 Å². The number of aryl methyl sites for hydroxylation is 1. The van der Waals surface area contributed by atoms with Crippen LogP contribution in [0, 0.1) is 6.92 Å². The number of ether oxygens (including phenoxy) is 2. The van der Waals surface area contributed by atoms with E-state index in [-0.39, 0.29) is 6.61 Å². The third kappa shape index (κ3) is 5.14. The van der Waals surface area contributed by atoms with Crippen LogP contribution in [0.4, 0.5) is 10.5 Å². The molecule has 28 heavy (non-hydrogen) atoms. The molecule has 0 atom stereocenters. The lowest BCUT2D eigenvalue weighted by Crippen LogP contribution is -2.45. The Morgan fingerprint density at radius 2 is 1.61 bits per heavy atom. The summed E-state index contributed by atoms with van der Waals surface area (Å²) in [6.07, 6.45) is 0. The molecule has 3 rings (SSSR count). The summed E-state index contributed by atoms with van der Waals surface area (Å²) < 4.78 is 10.7. The number of carbonyl (C=O) groups excluding carboxylic acids is 2. The molecule has 0 aliphatic rings. The number of carbonyl (C=O) groups is 2. The van der Waals surface area contributed by atoms with E-state index in [1.54, 1.807) is 19.2 Å². The van der Waals surface area contributed by atoms with Crippen LogP contribution in [0.3, 0.4) is 0 Å². The van der Waals surface area contributed by atoms with Gasteiger partial charge in [-0.25, -0.2) is 10.2 Å². The van der Waals surface area contributed by atoms with Crippen LogP contribution >= 0.6 is 0 Å². The number of anilines is 1. The number of urea groups is 1. The van der Waals surface area contributed by atoms with Crippen LogP contribution in [0.2, 0.25) is 0 Å². The van der Waals surface area contributed by atoms with Gasteiger partial charge in [-0.2, -0.15) is 0 Å². The largest absolute Gasteiger partial charge is 0.497 e. The Labute approximate surface area is 162 Å². The first-order chi connectivity index (χ1) is 13.5. The number of hydrazine groups is 1. The molecule has 3 aromatic carbocycles. The van der Waals surface area contributed by atoms with E-state index in [4.69, 9.17) is 9.47 Å². The Kier molecular flexibility index (Phi) is 5.96. The number of benzene rings is 3. The van der Waals surface area contributed by atoms with Gasteiger partial charge in [-0.3, -0.25) is 10.2 Å². The summed E-state index contributed by atoms with van der Waals surface area (Å²) in [6.45, 7) is 1.69. The molecule has 0 aromatic heterocycles. The van der Waals surface area contributed by atoms with E-state index in [0.29, 0.717) is 11.4 Å². The second kappa shape index (κ2) is 8.77. The standard InChI is InChI=1S/C21H21N3O4/c1-14-4-3-5-17(10-14)22-21(26)24-23-20(25)13-28-19-9-7-15-11-18(27-2)8-6-16(15)12-19/h3-12H,13H2,1-2H3,(H,23,25)(H2,22,24,26). The highest BCUT2D eigenvalue weighted by atomic mass is 16.5. The fourth-order valence-corrected chi connectivity index (χ4v) is 2.62. The smallest absolute Gasteiger partial charge is 0.337 e. The maximum absolute atomic E-state index is 11.9. The van der Waals surface area contributed by atoms with E-state index in [1.807, 2.05) is 55.5 Å². The van der Waals surface area contributed by atoms with Crippen molar-refractivity contribution in [3.63, 3.8) is 0 Å². The molecule has 0 saturated carbocycles. The second-order valence-corrected chi connectivity index (χ2v) is 6.16. The van der Waals surface area contributed by atoms with Gasteiger partial charge in [0.25, 0.3) is 5.91 Å². The SMILES string of the molecule is COc1ccc2cc(OCC(=O)NNC(=O)Nc3cccc(C)c3)ccc2c1. The number of methoxy groups -OCH3 is 1. The Bertz CT molecular complexity index is 1000. The zero-order valence-corrected chi connectivity index (χ0v) is 15.6. The number of rotatable bonds is 5. The normalized spacial score (nSPS) is 10.2. The molecular formula is C21H21N3O4. The minimum Gasteiger partial charge on any atom is -0.497 e. The minimum absolute atomic E-state index is 0.230. The van der Waals surface area contributed by atoms with E-state index in [1.165, 1.54) is 0 Å². The third-order valence-electron chi connectivity index (χ3n) is 3.98. The topological polar surface area (TPSA) is 88.7 Å². The maximum atomic E-state index is 11.9. The predicted octanol–water partition coefficient (Wildman–Crippen LogP) is 3.39. The number of hydrogen-bond donors (Lipinski definition) is 3. The Morgan fingerprint density at radius 1 is 0.893 bits per heavy atom. The highest BCUT2D eigenvalue weighted by Gasteiger charge is 2.07. The van der Waals surface area contributed by atoms with Crippen molar-refractivity contribution < 1.29 is 19.1 Å². The van der Waals surface area contributed by atoms with Crippen LogP contribution in [0.25, 0.3) is 10.8 Å². The average Bonchev–Trinajstić information content (AvgIpc) is 2.70. The molecule has 3 amide bonds. The molecule has 0 unspecified atom stereocenters. The molecule has 0 aliphatic carbocycles. The summed E-state index contributed by atoms with van der Waals surface area (Å²) in [6, 6.07) is 18.0. The number of nitrogens with one attached hydrogen (secondary N) is 3. The molecule has 3 N–H and O–H groups in total. The summed E-state index contributed by atoms with van der Waals surface area (Å²) >= 11 is 0. The van der Waals surface area contributed by atoms with Gasteiger partial charge < -0.3 is 14.8 Å². The van der Waals surface area contributed by atoms with Crippen LogP contribution in [0.15, 0.2) is 60.7 Å². The maximum Gasteiger partial charge on any atom is 0.337 e. The van der Waals surface area contributed by atoms with Crippen LogP contribution in [0.1, 0.15) is 5.56 Å². The van der Waals surface area contributed by atoms with Crippen LogP contribution < -0.4 is 25.6 Å². The van der Waals surface area contributed by atoms with E-state index >= 15 is 0 Å². The van der Waals surface area contributed by atoms with Gasteiger partial charge in [-0.1, -0.05) is 24.3 Å². The lowest BCUT2D eigenvalue weighted by molar-refractivity contribution is -0.123. The summed E-state index contributed by atoms with van der Waals surface area (Å²) in [5.74, 6) is 0.849. The van der Waals surface area contributed by atoms with E-state index in [0.717, 1.165) is 22.1 Å². The summed E-state index contributed by atoms with van der Waals surface area (Å²) in [5, 5.41) is 4.60. The first-order valence-electron chi connectivity index (χ1n) is 8.66. The molecule has 0 aliphatic heterocycles.